The molecule has 0 atom stereocenters. The summed E-state index contributed by atoms with van der Waals surface area (Å²) in [6.45, 7) is 6.01. The average molecular weight is 266 g/mol. The van der Waals surface area contributed by atoms with Crippen molar-refractivity contribution in [1.29, 1.82) is 0 Å². The number of unbranched alkanes of at least 4 members (excludes halogenated alkanes) is 1. The Morgan fingerprint density at radius 3 is 2.22 bits per heavy atom. The molecule has 0 aliphatic heterocycles. The standard InChI is InChI=1S/C15H22O2S/c1-4-6-8-14(7-5-2)18(16,17)15-11-9-13(3)10-12-15/h8-12H,4-7H2,1-3H3/b14-8+. The minimum Gasteiger partial charge on any atom is -0.219 e. The van der Waals surface area contributed by atoms with Crippen LogP contribution in [0.2, 0.25) is 0 Å². The van der Waals surface area contributed by atoms with E-state index >= 15 is 0 Å². The highest BCUT2D eigenvalue weighted by Gasteiger charge is 2.19. The van der Waals surface area contributed by atoms with E-state index in [1.165, 1.54) is 0 Å². The molecule has 18 heavy (non-hydrogen) atoms. The fourth-order valence-electron chi connectivity index (χ4n) is 1.77. The van der Waals surface area contributed by atoms with Gasteiger partial charge in [-0.1, -0.05) is 50.5 Å². The molecular formula is C15H22O2S. The number of hydrogen-bond donors (Lipinski definition) is 0. The molecule has 0 aliphatic carbocycles. The van der Waals surface area contributed by atoms with Gasteiger partial charge in [0.25, 0.3) is 0 Å². The summed E-state index contributed by atoms with van der Waals surface area (Å²) in [4.78, 5) is 0.972. The van der Waals surface area contributed by atoms with Crippen LogP contribution in [0.1, 0.15) is 45.1 Å². The van der Waals surface area contributed by atoms with E-state index in [0.29, 0.717) is 16.2 Å². The van der Waals surface area contributed by atoms with Gasteiger partial charge in [-0.05, 0) is 31.9 Å². The summed E-state index contributed by atoms with van der Waals surface area (Å²) in [6.07, 6.45) is 5.13. The van der Waals surface area contributed by atoms with Crippen molar-refractivity contribution in [3.8, 4) is 0 Å². The van der Waals surface area contributed by atoms with E-state index in [1.807, 2.05) is 32.1 Å². The highest BCUT2D eigenvalue weighted by atomic mass is 32.2. The first-order valence-electron chi connectivity index (χ1n) is 6.53. The van der Waals surface area contributed by atoms with Crippen molar-refractivity contribution >= 4 is 9.84 Å². The molecule has 0 aliphatic rings. The molecule has 0 saturated carbocycles. The van der Waals surface area contributed by atoms with Crippen molar-refractivity contribution in [3.63, 3.8) is 0 Å². The summed E-state index contributed by atoms with van der Waals surface area (Å²) >= 11 is 0. The maximum atomic E-state index is 12.5. The molecule has 0 N–H and O–H groups in total. The molecule has 2 nitrogen and oxygen atoms in total. The second kappa shape index (κ2) is 6.74. The lowest BCUT2D eigenvalue weighted by atomic mass is 10.2. The Balaban J connectivity index is 3.12. The van der Waals surface area contributed by atoms with Crippen LogP contribution in [0.15, 0.2) is 40.1 Å². The summed E-state index contributed by atoms with van der Waals surface area (Å²) in [5, 5.41) is 0. The predicted octanol–water partition coefficient (Wildman–Crippen LogP) is 4.25. The van der Waals surface area contributed by atoms with Crippen molar-refractivity contribution in [2.75, 3.05) is 0 Å². The molecule has 0 amide bonds. The Hall–Kier alpha value is -1.09. The van der Waals surface area contributed by atoms with Gasteiger partial charge in [-0.3, -0.25) is 0 Å². The molecule has 0 fully saturated rings. The highest BCUT2D eigenvalue weighted by Crippen LogP contribution is 2.23. The fourth-order valence-corrected chi connectivity index (χ4v) is 3.37. The van der Waals surface area contributed by atoms with E-state index in [4.69, 9.17) is 0 Å². The van der Waals surface area contributed by atoms with Gasteiger partial charge >= 0.3 is 0 Å². The molecule has 100 valence electrons. The van der Waals surface area contributed by atoms with Crippen LogP contribution in [-0.4, -0.2) is 8.42 Å². The van der Waals surface area contributed by atoms with Gasteiger partial charge in [0.05, 0.1) is 4.90 Å². The lowest BCUT2D eigenvalue weighted by molar-refractivity contribution is 0.599. The molecule has 0 aromatic heterocycles. The monoisotopic (exact) mass is 266 g/mol. The number of allylic oxidation sites excluding steroid dienone is 2. The summed E-state index contributed by atoms with van der Waals surface area (Å²) in [7, 11) is -3.29. The number of aryl methyl sites for hydroxylation is 1. The summed E-state index contributed by atoms with van der Waals surface area (Å²) in [5.74, 6) is 0. The number of benzene rings is 1. The van der Waals surface area contributed by atoms with Crippen LogP contribution < -0.4 is 0 Å². The van der Waals surface area contributed by atoms with Gasteiger partial charge in [-0.25, -0.2) is 8.42 Å². The van der Waals surface area contributed by atoms with E-state index in [0.717, 1.165) is 24.8 Å². The lowest BCUT2D eigenvalue weighted by Gasteiger charge is -2.09. The van der Waals surface area contributed by atoms with Crippen molar-refractivity contribution in [2.24, 2.45) is 0 Å². The summed E-state index contributed by atoms with van der Waals surface area (Å²) in [6, 6.07) is 7.08. The van der Waals surface area contributed by atoms with Gasteiger partial charge in [0.2, 0.25) is 9.84 Å². The molecule has 0 radical (unpaired) electrons. The van der Waals surface area contributed by atoms with E-state index in [-0.39, 0.29) is 0 Å². The Morgan fingerprint density at radius 2 is 1.72 bits per heavy atom. The zero-order chi connectivity index (χ0) is 13.6. The van der Waals surface area contributed by atoms with Crippen LogP contribution in [0, 0.1) is 6.92 Å². The van der Waals surface area contributed by atoms with Crippen LogP contribution in [0.4, 0.5) is 0 Å². The molecule has 0 spiro atoms. The van der Waals surface area contributed by atoms with Crippen LogP contribution in [-0.2, 0) is 9.84 Å². The molecule has 0 unspecified atom stereocenters. The molecule has 0 saturated heterocycles. The number of sulfone groups is 1. The third kappa shape index (κ3) is 3.70. The molecular weight excluding hydrogens is 244 g/mol. The molecule has 0 bridgehead atoms. The Kier molecular flexibility index (Phi) is 5.60. The van der Waals surface area contributed by atoms with Gasteiger partial charge < -0.3 is 0 Å². The van der Waals surface area contributed by atoms with Crippen LogP contribution in [0.5, 0.6) is 0 Å². The fraction of sp³-hybridized carbons (Fsp3) is 0.467. The van der Waals surface area contributed by atoms with Crippen molar-refractivity contribution < 1.29 is 8.42 Å². The topological polar surface area (TPSA) is 34.1 Å². The van der Waals surface area contributed by atoms with Crippen molar-refractivity contribution in [2.45, 2.75) is 51.3 Å². The first-order valence-corrected chi connectivity index (χ1v) is 8.01. The maximum absolute atomic E-state index is 12.5. The largest absolute Gasteiger partial charge is 0.219 e. The zero-order valence-corrected chi connectivity index (χ0v) is 12.3. The quantitative estimate of drug-likeness (QED) is 0.771. The van der Waals surface area contributed by atoms with E-state index in [1.54, 1.807) is 12.1 Å². The van der Waals surface area contributed by atoms with Crippen LogP contribution in [0.3, 0.4) is 0 Å². The smallest absolute Gasteiger partial charge is 0.202 e. The van der Waals surface area contributed by atoms with Crippen LogP contribution >= 0.6 is 0 Å². The second-order valence-corrected chi connectivity index (χ2v) is 6.53. The highest BCUT2D eigenvalue weighted by molar-refractivity contribution is 7.95. The maximum Gasteiger partial charge on any atom is 0.202 e. The molecule has 1 aromatic carbocycles. The Bertz CT molecular complexity index is 496. The van der Waals surface area contributed by atoms with Gasteiger partial charge in [0.1, 0.15) is 0 Å². The second-order valence-electron chi connectivity index (χ2n) is 4.53. The first-order chi connectivity index (χ1) is 8.52. The number of rotatable bonds is 6. The summed E-state index contributed by atoms with van der Waals surface area (Å²) in [5.41, 5.74) is 1.07. The van der Waals surface area contributed by atoms with Gasteiger partial charge in [-0.2, -0.15) is 0 Å². The van der Waals surface area contributed by atoms with Gasteiger partial charge in [0.15, 0.2) is 0 Å². The normalized spacial score (nSPS) is 12.7. The Labute approximate surface area is 111 Å². The minimum atomic E-state index is -3.29. The molecule has 0 heterocycles. The summed E-state index contributed by atoms with van der Waals surface area (Å²) < 4.78 is 24.9. The third-order valence-corrected chi connectivity index (χ3v) is 4.79. The SMILES string of the molecule is CCC/C=C(\CCC)S(=O)(=O)c1ccc(C)cc1. The van der Waals surface area contributed by atoms with Crippen LogP contribution in [0.25, 0.3) is 0 Å². The molecule has 1 rings (SSSR count). The van der Waals surface area contributed by atoms with Crippen molar-refractivity contribution in [1.82, 2.24) is 0 Å². The van der Waals surface area contributed by atoms with E-state index in [2.05, 4.69) is 6.92 Å². The first kappa shape index (κ1) is 15.0. The minimum absolute atomic E-state index is 0.406. The third-order valence-electron chi connectivity index (χ3n) is 2.83. The number of hydrogen-bond acceptors (Lipinski definition) is 2. The average Bonchev–Trinajstić information content (AvgIpc) is 2.35. The zero-order valence-electron chi connectivity index (χ0n) is 11.4. The lowest BCUT2D eigenvalue weighted by Crippen LogP contribution is -2.05. The van der Waals surface area contributed by atoms with Crippen molar-refractivity contribution in [3.05, 3.63) is 40.8 Å². The van der Waals surface area contributed by atoms with Gasteiger partial charge in [0, 0.05) is 4.91 Å². The Morgan fingerprint density at radius 1 is 1.11 bits per heavy atom. The molecule has 3 heteroatoms. The van der Waals surface area contributed by atoms with Gasteiger partial charge in [-0.15, -0.1) is 0 Å². The van der Waals surface area contributed by atoms with E-state index < -0.39 is 9.84 Å². The molecule has 1 aromatic rings. The predicted molar refractivity (Wildman–Crippen MR) is 76.3 cm³/mol. The van der Waals surface area contributed by atoms with E-state index in [9.17, 15) is 8.42 Å².